The molecule has 0 aliphatic rings. The molecule has 0 aliphatic heterocycles. The van der Waals surface area contributed by atoms with E-state index >= 15 is 0 Å². The molecule has 5 nitrogen and oxygen atoms in total. The molecule has 1 N–H and O–H groups in total. The van der Waals surface area contributed by atoms with Crippen molar-refractivity contribution in [3.05, 3.63) is 60.2 Å². The number of hydrogen-bond donors (Lipinski definition) is 1. The SMILES string of the molecule is CC(=O)N(CCNC(=O)COc1ccccc1)c1cccc(C)c1. The van der Waals surface area contributed by atoms with E-state index in [2.05, 4.69) is 5.32 Å². The Morgan fingerprint density at radius 3 is 2.50 bits per heavy atom. The van der Waals surface area contributed by atoms with Gasteiger partial charge < -0.3 is 15.0 Å². The Morgan fingerprint density at radius 1 is 1.08 bits per heavy atom. The molecule has 0 radical (unpaired) electrons. The van der Waals surface area contributed by atoms with Gasteiger partial charge in [0.1, 0.15) is 5.75 Å². The van der Waals surface area contributed by atoms with Crippen molar-refractivity contribution >= 4 is 17.5 Å². The Hall–Kier alpha value is -2.82. The van der Waals surface area contributed by atoms with Crippen LogP contribution in [0.1, 0.15) is 12.5 Å². The molecule has 24 heavy (non-hydrogen) atoms. The van der Waals surface area contributed by atoms with Crippen molar-refractivity contribution in [3.63, 3.8) is 0 Å². The van der Waals surface area contributed by atoms with Crippen molar-refractivity contribution in [1.29, 1.82) is 0 Å². The summed E-state index contributed by atoms with van der Waals surface area (Å²) in [6, 6.07) is 16.9. The van der Waals surface area contributed by atoms with Gasteiger partial charge in [0.25, 0.3) is 5.91 Å². The number of anilines is 1. The highest BCUT2D eigenvalue weighted by Crippen LogP contribution is 2.15. The molecule has 0 unspecified atom stereocenters. The molecule has 0 heterocycles. The van der Waals surface area contributed by atoms with Crippen LogP contribution in [-0.4, -0.2) is 31.5 Å². The summed E-state index contributed by atoms with van der Waals surface area (Å²) in [4.78, 5) is 25.3. The van der Waals surface area contributed by atoms with E-state index in [1.54, 1.807) is 17.0 Å². The Labute approximate surface area is 142 Å². The van der Waals surface area contributed by atoms with E-state index in [9.17, 15) is 9.59 Å². The Bertz CT molecular complexity index is 686. The summed E-state index contributed by atoms with van der Waals surface area (Å²) in [5, 5.41) is 2.76. The molecule has 2 aromatic rings. The first-order chi connectivity index (χ1) is 11.6. The average molecular weight is 326 g/mol. The van der Waals surface area contributed by atoms with Gasteiger partial charge in [-0.3, -0.25) is 9.59 Å². The van der Waals surface area contributed by atoms with Crippen LogP contribution in [0.3, 0.4) is 0 Å². The lowest BCUT2D eigenvalue weighted by Gasteiger charge is -2.21. The predicted octanol–water partition coefficient (Wildman–Crippen LogP) is 2.54. The molecule has 0 saturated heterocycles. The fourth-order valence-corrected chi connectivity index (χ4v) is 2.29. The highest BCUT2D eigenvalue weighted by atomic mass is 16.5. The molecule has 126 valence electrons. The summed E-state index contributed by atoms with van der Waals surface area (Å²) < 4.78 is 5.38. The number of rotatable bonds is 7. The lowest BCUT2D eigenvalue weighted by Crippen LogP contribution is -2.39. The highest BCUT2D eigenvalue weighted by molar-refractivity contribution is 5.91. The number of amides is 2. The monoisotopic (exact) mass is 326 g/mol. The molecule has 0 fully saturated rings. The third-order valence-electron chi connectivity index (χ3n) is 3.46. The first kappa shape index (κ1) is 17.5. The predicted molar refractivity (Wildman–Crippen MR) is 94.2 cm³/mol. The first-order valence-corrected chi connectivity index (χ1v) is 7.85. The highest BCUT2D eigenvalue weighted by Gasteiger charge is 2.12. The van der Waals surface area contributed by atoms with Crippen LogP contribution in [0.2, 0.25) is 0 Å². The third-order valence-corrected chi connectivity index (χ3v) is 3.46. The van der Waals surface area contributed by atoms with Gasteiger partial charge in [-0.1, -0.05) is 30.3 Å². The summed E-state index contributed by atoms with van der Waals surface area (Å²) >= 11 is 0. The summed E-state index contributed by atoms with van der Waals surface area (Å²) in [7, 11) is 0. The van der Waals surface area contributed by atoms with Gasteiger partial charge in [-0.15, -0.1) is 0 Å². The minimum absolute atomic E-state index is 0.0471. The van der Waals surface area contributed by atoms with Gasteiger partial charge in [0.2, 0.25) is 5.91 Å². The Morgan fingerprint density at radius 2 is 1.83 bits per heavy atom. The number of nitrogens with zero attached hydrogens (tertiary/aromatic N) is 1. The van der Waals surface area contributed by atoms with Crippen LogP contribution >= 0.6 is 0 Å². The molecule has 5 heteroatoms. The van der Waals surface area contributed by atoms with E-state index in [1.165, 1.54) is 6.92 Å². The van der Waals surface area contributed by atoms with Gasteiger partial charge >= 0.3 is 0 Å². The number of carbonyl (C=O) groups is 2. The van der Waals surface area contributed by atoms with E-state index in [-0.39, 0.29) is 18.4 Å². The van der Waals surface area contributed by atoms with Crippen LogP contribution < -0.4 is 15.0 Å². The maximum atomic E-state index is 11.8. The maximum Gasteiger partial charge on any atom is 0.258 e. The molecule has 2 aromatic carbocycles. The van der Waals surface area contributed by atoms with Crippen LogP contribution in [-0.2, 0) is 9.59 Å². The van der Waals surface area contributed by atoms with E-state index in [0.717, 1.165) is 11.3 Å². The number of para-hydroxylation sites is 1. The molecule has 2 rings (SSSR count). The number of aryl methyl sites for hydroxylation is 1. The van der Waals surface area contributed by atoms with Crippen molar-refractivity contribution < 1.29 is 14.3 Å². The summed E-state index contributed by atoms with van der Waals surface area (Å²) in [5.41, 5.74) is 1.91. The van der Waals surface area contributed by atoms with Crippen molar-refractivity contribution in [3.8, 4) is 5.75 Å². The zero-order valence-electron chi connectivity index (χ0n) is 14.0. The molecular formula is C19H22N2O3. The summed E-state index contributed by atoms with van der Waals surface area (Å²) in [6.45, 7) is 4.22. The van der Waals surface area contributed by atoms with E-state index in [1.807, 2.05) is 49.4 Å². The molecule has 0 atom stereocenters. The smallest absolute Gasteiger partial charge is 0.258 e. The third kappa shape index (κ3) is 5.43. The molecule has 0 aromatic heterocycles. The fourth-order valence-electron chi connectivity index (χ4n) is 2.29. The molecule has 2 amide bonds. The number of ether oxygens (including phenoxy) is 1. The molecule has 0 bridgehead atoms. The van der Waals surface area contributed by atoms with Gasteiger partial charge in [0, 0.05) is 25.7 Å². The zero-order chi connectivity index (χ0) is 17.4. The van der Waals surface area contributed by atoms with Gasteiger partial charge in [0.15, 0.2) is 6.61 Å². The Kier molecular flexibility index (Phi) is 6.37. The van der Waals surface area contributed by atoms with Gasteiger partial charge in [-0.25, -0.2) is 0 Å². The fraction of sp³-hybridized carbons (Fsp3) is 0.263. The summed E-state index contributed by atoms with van der Waals surface area (Å²) in [5.74, 6) is 0.375. The van der Waals surface area contributed by atoms with Crippen LogP contribution in [0.4, 0.5) is 5.69 Å². The second-order valence-corrected chi connectivity index (χ2v) is 5.46. The quantitative estimate of drug-likeness (QED) is 0.851. The number of benzene rings is 2. The molecular weight excluding hydrogens is 304 g/mol. The first-order valence-electron chi connectivity index (χ1n) is 7.85. The van der Waals surface area contributed by atoms with E-state index in [0.29, 0.717) is 18.8 Å². The standard InChI is InChI=1S/C19H22N2O3/c1-15-7-6-8-17(13-15)21(16(2)22)12-11-20-19(23)14-24-18-9-4-3-5-10-18/h3-10,13H,11-12,14H2,1-2H3,(H,20,23). The van der Waals surface area contributed by atoms with Crippen LogP contribution in [0, 0.1) is 6.92 Å². The topological polar surface area (TPSA) is 58.6 Å². The van der Waals surface area contributed by atoms with Gasteiger partial charge in [-0.05, 0) is 36.8 Å². The second-order valence-electron chi connectivity index (χ2n) is 5.46. The van der Waals surface area contributed by atoms with Crippen molar-refractivity contribution in [1.82, 2.24) is 5.32 Å². The number of carbonyl (C=O) groups excluding carboxylic acids is 2. The lowest BCUT2D eigenvalue weighted by atomic mass is 10.2. The molecule has 0 spiro atoms. The molecule has 0 saturated carbocycles. The van der Waals surface area contributed by atoms with Crippen LogP contribution in [0.25, 0.3) is 0 Å². The van der Waals surface area contributed by atoms with Crippen LogP contribution in [0.15, 0.2) is 54.6 Å². The average Bonchev–Trinajstić information content (AvgIpc) is 2.57. The Balaban J connectivity index is 1.80. The second kappa shape index (κ2) is 8.72. The van der Waals surface area contributed by atoms with E-state index in [4.69, 9.17) is 4.74 Å². The summed E-state index contributed by atoms with van der Waals surface area (Å²) in [6.07, 6.45) is 0. The minimum atomic E-state index is -0.216. The van der Waals surface area contributed by atoms with Crippen molar-refractivity contribution in [2.75, 3.05) is 24.6 Å². The van der Waals surface area contributed by atoms with Crippen LogP contribution in [0.5, 0.6) is 5.75 Å². The normalized spacial score (nSPS) is 10.1. The van der Waals surface area contributed by atoms with Crippen molar-refractivity contribution in [2.45, 2.75) is 13.8 Å². The molecule has 0 aliphatic carbocycles. The number of hydrogen-bond acceptors (Lipinski definition) is 3. The van der Waals surface area contributed by atoms with Gasteiger partial charge in [0.05, 0.1) is 0 Å². The zero-order valence-corrected chi connectivity index (χ0v) is 14.0. The maximum absolute atomic E-state index is 11.8. The van der Waals surface area contributed by atoms with E-state index < -0.39 is 0 Å². The minimum Gasteiger partial charge on any atom is -0.484 e. The van der Waals surface area contributed by atoms with Gasteiger partial charge in [-0.2, -0.15) is 0 Å². The largest absolute Gasteiger partial charge is 0.484 e. The number of nitrogens with one attached hydrogen (secondary N) is 1. The van der Waals surface area contributed by atoms with Crippen molar-refractivity contribution in [2.24, 2.45) is 0 Å². The lowest BCUT2D eigenvalue weighted by molar-refractivity contribution is -0.123.